The molecular weight excluding hydrogens is 322 g/mol. The monoisotopic (exact) mass is 334 g/mol. The van der Waals surface area contributed by atoms with Crippen LogP contribution in [0.2, 0.25) is 0 Å². The third kappa shape index (κ3) is 3.34. The van der Waals surface area contributed by atoms with Gasteiger partial charge < -0.3 is 5.11 Å². The van der Waals surface area contributed by atoms with Gasteiger partial charge in [-0.15, -0.1) is 0 Å². The van der Waals surface area contributed by atoms with Crippen LogP contribution in [0.25, 0.3) is 0 Å². The Hall–Kier alpha value is -2.02. The third-order valence-corrected chi connectivity index (χ3v) is 3.51. The molecule has 2 rings (SSSR count). The van der Waals surface area contributed by atoms with Crippen LogP contribution in [-0.4, -0.2) is 5.11 Å². The summed E-state index contributed by atoms with van der Waals surface area (Å²) in [6, 6.07) is 8.06. The lowest BCUT2D eigenvalue weighted by molar-refractivity contribution is -0.141. The molecule has 2 aromatic rings. The molecule has 2 aromatic carbocycles. The quantitative estimate of drug-likeness (QED) is 0.768. The van der Waals surface area contributed by atoms with Gasteiger partial charge in [0.1, 0.15) is 5.60 Å². The molecule has 1 N–H and O–H groups in total. The molecule has 1 nitrogen and oxygen atoms in total. The van der Waals surface area contributed by atoms with Crippen molar-refractivity contribution in [2.24, 2.45) is 0 Å². The van der Waals surface area contributed by atoms with Gasteiger partial charge in [0.15, 0.2) is 0 Å². The van der Waals surface area contributed by atoms with Crippen LogP contribution < -0.4 is 0 Å². The molecule has 0 amide bonds. The van der Waals surface area contributed by atoms with E-state index in [1.807, 2.05) is 0 Å². The molecule has 0 aliphatic heterocycles. The number of alkyl halides is 6. The SMILES string of the molecule is CC(O)(c1ccccc1C(F)(F)F)c1ccccc1C(F)(F)F. The number of benzene rings is 2. The van der Waals surface area contributed by atoms with Gasteiger partial charge in [-0.05, 0) is 30.2 Å². The van der Waals surface area contributed by atoms with Crippen LogP contribution in [0.5, 0.6) is 0 Å². The van der Waals surface area contributed by atoms with Crippen molar-refractivity contribution in [2.45, 2.75) is 24.9 Å². The predicted molar refractivity (Wildman–Crippen MR) is 71.6 cm³/mol. The van der Waals surface area contributed by atoms with E-state index in [1.165, 1.54) is 12.1 Å². The highest BCUT2D eigenvalue weighted by molar-refractivity contribution is 5.45. The first-order valence-electron chi connectivity index (χ1n) is 6.51. The lowest BCUT2D eigenvalue weighted by Crippen LogP contribution is -2.29. The lowest BCUT2D eigenvalue weighted by atomic mass is 9.82. The molecular formula is C16H12F6O. The molecule has 0 aromatic heterocycles. The van der Waals surface area contributed by atoms with Crippen molar-refractivity contribution in [3.63, 3.8) is 0 Å². The summed E-state index contributed by atoms with van der Waals surface area (Å²) in [5.41, 5.74) is -6.09. The van der Waals surface area contributed by atoms with Gasteiger partial charge in [-0.2, -0.15) is 26.3 Å². The summed E-state index contributed by atoms with van der Waals surface area (Å²) in [5, 5.41) is 10.5. The van der Waals surface area contributed by atoms with Gasteiger partial charge >= 0.3 is 12.4 Å². The first-order valence-corrected chi connectivity index (χ1v) is 6.51. The first-order chi connectivity index (χ1) is 10.5. The van der Waals surface area contributed by atoms with Crippen molar-refractivity contribution in [1.82, 2.24) is 0 Å². The van der Waals surface area contributed by atoms with Gasteiger partial charge in [-0.25, -0.2) is 0 Å². The normalized spacial score (nSPS) is 13.2. The van der Waals surface area contributed by atoms with Crippen molar-refractivity contribution in [2.75, 3.05) is 0 Å². The Kier molecular flexibility index (Phi) is 4.19. The molecule has 0 saturated heterocycles. The lowest BCUT2D eigenvalue weighted by Gasteiger charge is -2.30. The molecule has 0 unspecified atom stereocenters. The second-order valence-electron chi connectivity index (χ2n) is 5.16. The van der Waals surface area contributed by atoms with Crippen molar-refractivity contribution in [3.8, 4) is 0 Å². The van der Waals surface area contributed by atoms with E-state index < -0.39 is 40.2 Å². The maximum absolute atomic E-state index is 13.1. The van der Waals surface area contributed by atoms with E-state index in [4.69, 9.17) is 0 Å². The maximum atomic E-state index is 13.1. The second-order valence-corrected chi connectivity index (χ2v) is 5.16. The van der Waals surface area contributed by atoms with E-state index in [2.05, 4.69) is 0 Å². The fourth-order valence-electron chi connectivity index (χ4n) is 2.45. The fourth-order valence-corrected chi connectivity index (χ4v) is 2.45. The Labute approximate surface area is 128 Å². The van der Waals surface area contributed by atoms with E-state index in [9.17, 15) is 31.4 Å². The molecule has 0 bridgehead atoms. The van der Waals surface area contributed by atoms with Crippen LogP contribution in [0.3, 0.4) is 0 Å². The van der Waals surface area contributed by atoms with Gasteiger partial charge in [0.2, 0.25) is 0 Å². The van der Waals surface area contributed by atoms with E-state index >= 15 is 0 Å². The Morgan fingerprint density at radius 1 is 0.609 bits per heavy atom. The standard InChI is InChI=1S/C16H12F6O/c1-14(23,10-6-2-4-8-12(10)15(17,18)19)11-7-3-5-9-13(11)16(20,21)22/h2-9,23H,1H3. The zero-order valence-corrected chi connectivity index (χ0v) is 11.8. The fraction of sp³-hybridized carbons (Fsp3) is 0.250. The molecule has 124 valence electrons. The number of aliphatic hydroxyl groups is 1. The summed E-state index contributed by atoms with van der Waals surface area (Å²) in [6.07, 6.45) is -9.60. The largest absolute Gasteiger partial charge is 0.416 e. The van der Waals surface area contributed by atoms with Crippen LogP contribution in [0.4, 0.5) is 26.3 Å². The molecule has 0 saturated carbocycles. The summed E-state index contributed by atoms with van der Waals surface area (Å²) < 4.78 is 78.6. The van der Waals surface area contributed by atoms with Gasteiger partial charge in [0.05, 0.1) is 11.1 Å². The minimum atomic E-state index is -4.80. The minimum absolute atomic E-state index is 0.635. The number of rotatable bonds is 2. The zero-order chi connectivity index (χ0) is 17.5. The van der Waals surface area contributed by atoms with Crippen LogP contribution in [0.15, 0.2) is 48.5 Å². The van der Waals surface area contributed by atoms with Crippen LogP contribution in [0.1, 0.15) is 29.2 Å². The van der Waals surface area contributed by atoms with E-state index in [1.54, 1.807) is 0 Å². The Bertz CT molecular complexity index is 641. The molecule has 0 heterocycles. The maximum Gasteiger partial charge on any atom is 0.416 e. The Morgan fingerprint density at radius 2 is 0.870 bits per heavy atom. The van der Waals surface area contributed by atoms with Crippen molar-refractivity contribution >= 4 is 0 Å². The molecule has 0 aliphatic rings. The van der Waals surface area contributed by atoms with Crippen molar-refractivity contribution < 1.29 is 31.4 Å². The van der Waals surface area contributed by atoms with E-state index in [0.29, 0.717) is 0 Å². The number of hydrogen-bond acceptors (Lipinski definition) is 1. The summed E-state index contributed by atoms with van der Waals surface area (Å²) in [7, 11) is 0. The van der Waals surface area contributed by atoms with Gasteiger partial charge in [0, 0.05) is 0 Å². The predicted octanol–water partition coefficient (Wildman–Crippen LogP) is 4.98. The minimum Gasteiger partial charge on any atom is -0.381 e. The van der Waals surface area contributed by atoms with Crippen LogP contribution in [0, 0.1) is 0 Å². The molecule has 0 aliphatic carbocycles. The van der Waals surface area contributed by atoms with E-state index in [0.717, 1.165) is 43.3 Å². The highest BCUT2D eigenvalue weighted by Crippen LogP contribution is 2.43. The Morgan fingerprint density at radius 3 is 1.13 bits per heavy atom. The average Bonchev–Trinajstić information content (AvgIpc) is 2.45. The van der Waals surface area contributed by atoms with Gasteiger partial charge in [-0.3, -0.25) is 0 Å². The van der Waals surface area contributed by atoms with Crippen LogP contribution >= 0.6 is 0 Å². The topological polar surface area (TPSA) is 20.2 Å². The molecule has 0 spiro atoms. The van der Waals surface area contributed by atoms with Gasteiger partial charge in [0.25, 0.3) is 0 Å². The second kappa shape index (κ2) is 5.56. The average molecular weight is 334 g/mol. The highest BCUT2D eigenvalue weighted by atomic mass is 19.4. The zero-order valence-electron chi connectivity index (χ0n) is 11.8. The Balaban J connectivity index is 2.71. The summed E-state index contributed by atoms with van der Waals surface area (Å²) >= 11 is 0. The highest BCUT2D eigenvalue weighted by Gasteiger charge is 2.43. The van der Waals surface area contributed by atoms with Gasteiger partial charge in [-0.1, -0.05) is 36.4 Å². The summed E-state index contributed by atoms with van der Waals surface area (Å²) in [5.74, 6) is 0. The third-order valence-electron chi connectivity index (χ3n) is 3.51. The molecule has 0 fully saturated rings. The van der Waals surface area contributed by atoms with Crippen molar-refractivity contribution in [1.29, 1.82) is 0 Å². The molecule has 23 heavy (non-hydrogen) atoms. The molecule has 7 heteroatoms. The molecule has 0 atom stereocenters. The van der Waals surface area contributed by atoms with E-state index in [-0.39, 0.29) is 0 Å². The summed E-state index contributed by atoms with van der Waals surface area (Å²) in [6.45, 7) is 0.919. The number of halogens is 6. The summed E-state index contributed by atoms with van der Waals surface area (Å²) in [4.78, 5) is 0. The number of hydrogen-bond donors (Lipinski definition) is 1. The van der Waals surface area contributed by atoms with Crippen molar-refractivity contribution in [3.05, 3.63) is 70.8 Å². The first kappa shape index (κ1) is 17.3. The van der Waals surface area contributed by atoms with Crippen LogP contribution in [-0.2, 0) is 18.0 Å². The smallest absolute Gasteiger partial charge is 0.381 e. The molecule has 0 radical (unpaired) electrons.